The summed E-state index contributed by atoms with van der Waals surface area (Å²) in [5.74, 6) is -0.187. The van der Waals surface area contributed by atoms with Crippen LogP contribution in [0, 0.1) is 13.8 Å². The van der Waals surface area contributed by atoms with Crippen molar-refractivity contribution < 1.29 is 4.79 Å². The maximum absolute atomic E-state index is 12.7. The summed E-state index contributed by atoms with van der Waals surface area (Å²) in [6.45, 7) is 4.10. The summed E-state index contributed by atoms with van der Waals surface area (Å²) in [7, 11) is 0. The van der Waals surface area contributed by atoms with Gasteiger partial charge < -0.3 is 0 Å². The second-order valence-electron chi connectivity index (χ2n) is 5.78. The lowest BCUT2D eigenvalue weighted by molar-refractivity contribution is 0.102. The van der Waals surface area contributed by atoms with Gasteiger partial charge in [-0.15, -0.1) is 0 Å². The first-order valence-corrected chi connectivity index (χ1v) is 8.46. The molecule has 0 saturated heterocycles. The number of aryl methyl sites for hydroxylation is 2. The zero-order valence-electron chi connectivity index (χ0n) is 13.3. The number of nitrogens with one attached hydrogen (secondary N) is 1. The lowest BCUT2D eigenvalue weighted by Crippen LogP contribution is -2.12. The van der Waals surface area contributed by atoms with Crippen molar-refractivity contribution in [3.8, 4) is 0 Å². The van der Waals surface area contributed by atoms with Crippen LogP contribution in [0.25, 0.3) is 21.1 Å². The highest BCUT2D eigenvalue weighted by Gasteiger charge is 2.14. The minimum absolute atomic E-state index is 0.187. The van der Waals surface area contributed by atoms with Gasteiger partial charge in [-0.25, -0.2) is 4.98 Å². The summed E-state index contributed by atoms with van der Waals surface area (Å²) in [6, 6.07) is 13.6. The van der Waals surface area contributed by atoms with Crippen molar-refractivity contribution in [2.24, 2.45) is 0 Å². The zero-order valence-corrected chi connectivity index (χ0v) is 14.1. The molecule has 0 unspecified atom stereocenters. The van der Waals surface area contributed by atoms with Crippen molar-refractivity contribution in [2.75, 3.05) is 5.32 Å². The lowest BCUT2D eigenvalue weighted by atomic mass is 10.1. The van der Waals surface area contributed by atoms with Gasteiger partial charge in [0.2, 0.25) is 0 Å². The van der Waals surface area contributed by atoms with Crippen molar-refractivity contribution in [1.29, 1.82) is 0 Å². The molecule has 0 radical (unpaired) electrons. The molecule has 1 amide bonds. The molecule has 0 fully saturated rings. The largest absolute Gasteiger partial charge is 0.298 e. The Hall–Kier alpha value is -2.79. The number of benzene rings is 2. The Bertz CT molecular complexity index is 1080. The van der Waals surface area contributed by atoms with E-state index in [-0.39, 0.29) is 5.91 Å². The number of carbonyl (C=O) groups excluding carboxylic acids is 1. The van der Waals surface area contributed by atoms with Gasteiger partial charge >= 0.3 is 0 Å². The molecule has 0 aliphatic carbocycles. The zero-order chi connectivity index (χ0) is 16.7. The first kappa shape index (κ1) is 14.8. The van der Waals surface area contributed by atoms with Crippen LogP contribution in [0.5, 0.6) is 0 Å². The highest BCUT2D eigenvalue weighted by Crippen LogP contribution is 2.30. The second kappa shape index (κ2) is 5.69. The maximum Gasteiger partial charge on any atom is 0.259 e. The van der Waals surface area contributed by atoms with Crippen molar-refractivity contribution in [2.45, 2.75) is 13.8 Å². The fourth-order valence-corrected chi connectivity index (χ4v) is 3.91. The molecule has 4 nitrogen and oxygen atoms in total. The van der Waals surface area contributed by atoms with Crippen LogP contribution >= 0.6 is 11.3 Å². The van der Waals surface area contributed by atoms with Gasteiger partial charge in [0, 0.05) is 11.6 Å². The number of nitrogens with zero attached hydrogens (tertiary/aromatic N) is 2. The minimum atomic E-state index is -0.187. The van der Waals surface area contributed by atoms with Crippen molar-refractivity contribution in [1.82, 2.24) is 9.97 Å². The van der Waals surface area contributed by atoms with Crippen LogP contribution in [0.1, 0.15) is 21.5 Å². The molecule has 2 heterocycles. The summed E-state index contributed by atoms with van der Waals surface area (Å²) < 4.78 is 1.08. The van der Waals surface area contributed by atoms with E-state index in [1.165, 1.54) is 16.9 Å². The average molecular weight is 333 g/mol. The number of hydrogen-bond acceptors (Lipinski definition) is 4. The third-order valence-electron chi connectivity index (χ3n) is 3.93. The number of fused-ring (bicyclic) bond motifs is 2. The van der Waals surface area contributed by atoms with Gasteiger partial charge in [-0.2, -0.15) is 0 Å². The molecule has 0 saturated carbocycles. The van der Waals surface area contributed by atoms with Crippen LogP contribution < -0.4 is 5.32 Å². The topological polar surface area (TPSA) is 54.9 Å². The van der Waals surface area contributed by atoms with Crippen LogP contribution in [0.3, 0.4) is 0 Å². The number of amides is 1. The third kappa shape index (κ3) is 2.53. The van der Waals surface area contributed by atoms with Crippen LogP contribution in [-0.4, -0.2) is 15.9 Å². The standard InChI is InChI=1S/C19H15N3OS/c1-11-9-12(2)16-15(10-11)24-19(21-16)22-18(23)14-7-3-5-13-6-4-8-20-17(13)14/h3-10H,1-2H3,(H,21,22,23). The number of aromatic nitrogens is 2. The minimum Gasteiger partial charge on any atom is -0.298 e. The van der Waals surface area contributed by atoms with E-state index in [1.54, 1.807) is 12.3 Å². The Labute approximate surface area is 143 Å². The van der Waals surface area contributed by atoms with E-state index in [0.29, 0.717) is 16.2 Å². The van der Waals surface area contributed by atoms with Crippen LogP contribution in [0.4, 0.5) is 5.13 Å². The van der Waals surface area contributed by atoms with Crippen LogP contribution in [0.15, 0.2) is 48.7 Å². The van der Waals surface area contributed by atoms with E-state index in [0.717, 1.165) is 21.2 Å². The highest BCUT2D eigenvalue weighted by atomic mass is 32.1. The maximum atomic E-state index is 12.7. The van der Waals surface area contributed by atoms with Crippen LogP contribution in [0.2, 0.25) is 0 Å². The first-order chi connectivity index (χ1) is 11.6. The summed E-state index contributed by atoms with van der Waals surface area (Å²) in [4.78, 5) is 21.6. The Kier molecular flexibility index (Phi) is 3.50. The lowest BCUT2D eigenvalue weighted by Gasteiger charge is -2.04. The molecule has 0 aliphatic heterocycles. The number of hydrogen-bond donors (Lipinski definition) is 1. The summed E-state index contributed by atoms with van der Waals surface area (Å²) in [5, 5.41) is 4.47. The summed E-state index contributed by atoms with van der Waals surface area (Å²) >= 11 is 1.49. The summed E-state index contributed by atoms with van der Waals surface area (Å²) in [5.41, 5.74) is 4.51. The fraction of sp³-hybridized carbons (Fsp3) is 0.105. The van der Waals surface area contributed by atoms with Crippen molar-refractivity contribution in [3.63, 3.8) is 0 Å². The molecule has 118 valence electrons. The number of pyridine rings is 1. The Morgan fingerprint density at radius 3 is 2.79 bits per heavy atom. The number of carbonyl (C=O) groups is 1. The third-order valence-corrected chi connectivity index (χ3v) is 4.85. The predicted octanol–water partition coefficient (Wildman–Crippen LogP) is 4.71. The average Bonchev–Trinajstić information content (AvgIpc) is 2.97. The quantitative estimate of drug-likeness (QED) is 0.578. The van der Waals surface area contributed by atoms with Gasteiger partial charge in [-0.1, -0.05) is 35.6 Å². The molecule has 0 spiro atoms. The number of thiazole rings is 1. The van der Waals surface area contributed by atoms with E-state index in [9.17, 15) is 4.79 Å². The molecule has 24 heavy (non-hydrogen) atoms. The molecule has 4 rings (SSSR count). The van der Waals surface area contributed by atoms with Gasteiger partial charge in [0.15, 0.2) is 5.13 Å². The Morgan fingerprint density at radius 1 is 1.08 bits per heavy atom. The molecule has 2 aromatic heterocycles. The normalized spacial score (nSPS) is 11.1. The molecule has 5 heteroatoms. The SMILES string of the molecule is Cc1cc(C)c2nc(NC(=O)c3cccc4cccnc34)sc2c1. The van der Waals surface area contributed by atoms with Gasteiger partial charge in [-0.05, 0) is 43.2 Å². The van der Waals surface area contributed by atoms with Crippen molar-refractivity contribution >= 4 is 43.5 Å². The molecule has 0 bridgehead atoms. The highest BCUT2D eigenvalue weighted by molar-refractivity contribution is 7.22. The molecule has 1 N–H and O–H groups in total. The van der Waals surface area contributed by atoms with Gasteiger partial charge in [0.25, 0.3) is 5.91 Å². The van der Waals surface area contributed by atoms with Crippen LogP contribution in [-0.2, 0) is 0 Å². The summed E-state index contributed by atoms with van der Waals surface area (Å²) in [6.07, 6.45) is 1.70. The van der Waals surface area contributed by atoms with E-state index in [2.05, 4.69) is 34.3 Å². The van der Waals surface area contributed by atoms with Gasteiger partial charge in [0.05, 0.1) is 21.3 Å². The molecule has 0 aliphatic rings. The number of anilines is 1. The van der Waals surface area contributed by atoms with E-state index in [4.69, 9.17) is 0 Å². The monoisotopic (exact) mass is 333 g/mol. The molecule has 2 aromatic carbocycles. The van der Waals surface area contributed by atoms with Gasteiger partial charge in [0.1, 0.15) is 0 Å². The van der Waals surface area contributed by atoms with E-state index in [1.807, 2.05) is 31.2 Å². The molecular formula is C19H15N3OS. The smallest absolute Gasteiger partial charge is 0.259 e. The van der Waals surface area contributed by atoms with Gasteiger partial charge in [-0.3, -0.25) is 15.1 Å². The first-order valence-electron chi connectivity index (χ1n) is 7.65. The fourth-order valence-electron chi connectivity index (χ4n) is 2.88. The van der Waals surface area contributed by atoms with E-state index >= 15 is 0 Å². The van der Waals surface area contributed by atoms with E-state index < -0.39 is 0 Å². The molecule has 4 aromatic rings. The number of para-hydroxylation sites is 1. The molecular weight excluding hydrogens is 318 g/mol. The predicted molar refractivity (Wildman–Crippen MR) is 98.8 cm³/mol. The molecule has 0 atom stereocenters. The second-order valence-corrected chi connectivity index (χ2v) is 6.81. The Morgan fingerprint density at radius 2 is 1.92 bits per heavy atom. The number of rotatable bonds is 2. The Balaban J connectivity index is 1.72. The van der Waals surface area contributed by atoms with Crippen molar-refractivity contribution in [3.05, 3.63) is 65.4 Å².